The van der Waals surface area contributed by atoms with Crippen LogP contribution in [0.15, 0.2) is 53.6 Å². The lowest BCUT2D eigenvalue weighted by Crippen LogP contribution is -2.26. The van der Waals surface area contributed by atoms with E-state index in [2.05, 4.69) is 15.8 Å². The minimum absolute atomic E-state index is 0.0780. The molecule has 2 aromatic rings. The fourth-order valence-electron chi connectivity index (χ4n) is 2.49. The van der Waals surface area contributed by atoms with Crippen LogP contribution in [0, 0.1) is 0 Å². The van der Waals surface area contributed by atoms with Gasteiger partial charge in [-0.15, -0.1) is 0 Å². The van der Waals surface area contributed by atoms with Gasteiger partial charge >= 0.3 is 12.1 Å². The van der Waals surface area contributed by atoms with Crippen LogP contribution in [0.4, 0.5) is 18.9 Å². The summed E-state index contributed by atoms with van der Waals surface area (Å²) in [6.45, 7) is 3.51. The van der Waals surface area contributed by atoms with Crippen molar-refractivity contribution in [1.82, 2.24) is 5.43 Å². The summed E-state index contributed by atoms with van der Waals surface area (Å²) in [7, 11) is 0. The van der Waals surface area contributed by atoms with E-state index in [1.807, 2.05) is 0 Å². The van der Waals surface area contributed by atoms with Gasteiger partial charge in [-0.1, -0.05) is 6.07 Å². The van der Waals surface area contributed by atoms with E-state index in [1.165, 1.54) is 12.3 Å². The van der Waals surface area contributed by atoms with Gasteiger partial charge in [-0.3, -0.25) is 9.59 Å². The molecule has 0 fully saturated rings. The monoisotopic (exact) mass is 465 g/mol. The van der Waals surface area contributed by atoms with Crippen LogP contribution in [0.2, 0.25) is 0 Å². The predicted octanol–water partition coefficient (Wildman–Crippen LogP) is 3.51. The number of amides is 2. The van der Waals surface area contributed by atoms with Crippen molar-refractivity contribution in [2.24, 2.45) is 5.10 Å². The fourth-order valence-corrected chi connectivity index (χ4v) is 2.49. The Morgan fingerprint density at radius 2 is 1.79 bits per heavy atom. The third-order valence-electron chi connectivity index (χ3n) is 4.01. The number of benzene rings is 2. The third-order valence-corrected chi connectivity index (χ3v) is 4.01. The van der Waals surface area contributed by atoms with Gasteiger partial charge in [0, 0.05) is 5.69 Å². The van der Waals surface area contributed by atoms with E-state index in [0.29, 0.717) is 11.3 Å². The Kier molecular flexibility index (Phi) is 8.96. The summed E-state index contributed by atoms with van der Waals surface area (Å²) in [4.78, 5) is 35.3. The fraction of sp³-hybridized carbons (Fsp3) is 0.273. The van der Waals surface area contributed by atoms with Crippen LogP contribution in [-0.2, 0) is 25.3 Å². The minimum atomic E-state index is -4.55. The normalized spacial score (nSPS) is 12.2. The highest BCUT2D eigenvalue weighted by Gasteiger charge is 2.30. The molecule has 0 spiro atoms. The van der Waals surface area contributed by atoms with Crippen molar-refractivity contribution >= 4 is 29.7 Å². The lowest BCUT2D eigenvalue weighted by molar-refractivity contribution is -0.150. The SMILES string of the molecule is CCOC(=O)C(C)Oc1ccc(C=NNC(=O)CC(=O)Nc2cccc(C(F)(F)F)c2)cc1. The lowest BCUT2D eigenvalue weighted by atomic mass is 10.2. The number of nitrogens with one attached hydrogen (secondary N) is 2. The lowest BCUT2D eigenvalue weighted by Gasteiger charge is -2.13. The van der Waals surface area contributed by atoms with Gasteiger partial charge in [-0.05, 0) is 61.9 Å². The summed E-state index contributed by atoms with van der Waals surface area (Å²) in [6.07, 6.45) is -4.63. The molecule has 0 saturated heterocycles. The molecule has 0 heterocycles. The Hall–Kier alpha value is -3.89. The summed E-state index contributed by atoms with van der Waals surface area (Å²) >= 11 is 0. The summed E-state index contributed by atoms with van der Waals surface area (Å²) in [5.41, 5.74) is 1.76. The second-order valence-corrected chi connectivity index (χ2v) is 6.68. The third kappa shape index (κ3) is 8.63. The number of ether oxygens (including phenoxy) is 2. The number of hydrazone groups is 1. The Morgan fingerprint density at radius 3 is 2.42 bits per heavy atom. The van der Waals surface area contributed by atoms with Crippen molar-refractivity contribution in [1.29, 1.82) is 0 Å². The van der Waals surface area contributed by atoms with Crippen LogP contribution in [0.25, 0.3) is 0 Å². The van der Waals surface area contributed by atoms with E-state index < -0.39 is 42.0 Å². The Morgan fingerprint density at radius 1 is 1.09 bits per heavy atom. The second kappa shape index (κ2) is 11.7. The number of alkyl halides is 3. The van der Waals surface area contributed by atoms with Gasteiger partial charge in [-0.2, -0.15) is 18.3 Å². The van der Waals surface area contributed by atoms with Gasteiger partial charge in [0.2, 0.25) is 11.8 Å². The molecule has 2 amide bonds. The van der Waals surface area contributed by atoms with Gasteiger partial charge in [-0.25, -0.2) is 10.2 Å². The van der Waals surface area contributed by atoms with E-state index in [0.717, 1.165) is 18.2 Å². The quantitative estimate of drug-likeness (QED) is 0.255. The number of carbonyl (C=O) groups is 3. The van der Waals surface area contributed by atoms with Crippen molar-refractivity contribution in [3.63, 3.8) is 0 Å². The number of halogens is 3. The summed E-state index contributed by atoms with van der Waals surface area (Å²) in [6, 6.07) is 10.5. The van der Waals surface area contributed by atoms with E-state index in [1.54, 1.807) is 38.1 Å². The van der Waals surface area contributed by atoms with Crippen LogP contribution >= 0.6 is 0 Å². The second-order valence-electron chi connectivity index (χ2n) is 6.68. The summed E-state index contributed by atoms with van der Waals surface area (Å²) in [5.74, 6) is -1.59. The molecular formula is C22H22F3N3O5. The molecule has 176 valence electrons. The van der Waals surface area contributed by atoms with Gasteiger partial charge in [0.15, 0.2) is 6.10 Å². The summed E-state index contributed by atoms with van der Waals surface area (Å²) in [5, 5.41) is 5.96. The number of esters is 1. The minimum Gasteiger partial charge on any atom is -0.479 e. The van der Waals surface area contributed by atoms with Crippen molar-refractivity contribution in [3.05, 3.63) is 59.7 Å². The maximum Gasteiger partial charge on any atom is 0.416 e. The number of anilines is 1. The largest absolute Gasteiger partial charge is 0.479 e. The molecule has 33 heavy (non-hydrogen) atoms. The number of hydrogen-bond donors (Lipinski definition) is 2. The first-order valence-corrected chi connectivity index (χ1v) is 9.81. The number of rotatable bonds is 9. The number of carbonyl (C=O) groups excluding carboxylic acids is 3. The molecule has 0 aromatic heterocycles. The van der Waals surface area contributed by atoms with Gasteiger partial charge < -0.3 is 14.8 Å². The molecule has 8 nitrogen and oxygen atoms in total. The van der Waals surface area contributed by atoms with Gasteiger partial charge in [0.25, 0.3) is 0 Å². The van der Waals surface area contributed by atoms with Gasteiger partial charge in [0.1, 0.15) is 12.2 Å². The molecular weight excluding hydrogens is 443 g/mol. The highest BCUT2D eigenvalue weighted by atomic mass is 19.4. The maximum atomic E-state index is 12.7. The van der Waals surface area contributed by atoms with Crippen molar-refractivity contribution in [2.45, 2.75) is 32.5 Å². The summed E-state index contributed by atoms with van der Waals surface area (Å²) < 4.78 is 48.4. The van der Waals surface area contributed by atoms with E-state index >= 15 is 0 Å². The van der Waals surface area contributed by atoms with Crippen molar-refractivity contribution < 1.29 is 37.0 Å². The average molecular weight is 465 g/mol. The van der Waals surface area contributed by atoms with Crippen LogP contribution in [0.1, 0.15) is 31.4 Å². The Balaban J connectivity index is 1.81. The molecule has 0 bridgehead atoms. The molecule has 0 aliphatic carbocycles. The van der Waals surface area contributed by atoms with Gasteiger partial charge in [0.05, 0.1) is 18.4 Å². The molecule has 0 radical (unpaired) electrons. The highest BCUT2D eigenvalue weighted by Crippen LogP contribution is 2.30. The molecule has 1 atom stereocenters. The first kappa shape index (κ1) is 25.4. The Bertz CT molecular complexity index is 1010. The van der Waals surface area contributed by atoms with Crippen molar-refractivity contribution in [2.75, 3.05) is 11.9 Å². The molecule has 0 aliphatic heterocycles. The molecule has 2 rings (SSSR count). The number of nitrogens with zero attached hydrogens (tertiary/aromatic N) is 1. The van der Waals surface area contributed by atoms with E-state index in [4.69, 9.17) is 9.47 Å². The highest BCUT2D eigenvalue weighted by molar-refractivity contribution is 6.03. The van der Waals surface area contributed by atoms with E-state index in [-0.39, 0.29) is 12.3 Å². The first-order chi connectivity index (χ1) is 15.6. The zero-order chi connectivity index (χ0) is 24.4. The molecule has 1 unspecified atom stereocenters. The Labute approximate surface area is 187 Å². The average Bonchev–Trinajstić information content (AvgIpc) is 2.74. The van der Waals surface area contributed by atoms with Crippen LogP contribution in [-0.4, -0.2) is 36.7 Å². The molecule has 11 heteroatoms. The predicted molar refractivity (Wildman–Crippen MR) is 114 cm³/mol. The zero-order valence-electron chi connectivity index (χ0n) is 17.8. The standard InChI is InChI=1S/C22H22F3N3O5/c1-3-32-21(31)14(2)33-18-9-7-15(8-10-18)13-26-28-20(30)12-19(29)27-17-6-4-5-16(11-17)22(23,24)25/h4-11,13-14H,3,12H2,1-2H3,(H,27,29)(H,28,30). The molecule has 2 N–H and O–H groups in total. The molecule has 0 saturated carbocycles. The maximum absolute atomic E-state index is 12.7. The zero-order valence-corrected chi connectivity index (χ0v) is 17.8. The smallest absolute Gasteiger partial charge is 0.416 e. The molecule has 0 aliphatic rings. The van der Waals surface area contributed by atoms with Crippen molar-refractivity contribution in [3.8, 4) is 5.75 Å². The van der Waals surface area contributed by atoms with Crippen LogP contribution < -0.4 is 15.5 Å². The topological polar surface area (TPSA) is 106 Å². The van der Waals surface area contributed by atoms with Crippen LogP contribution in [0.3, 0.4) is 0 Å². The number of hydrogen-bond acceptors (Lipinski definition) is 6. The van der Waals surface area contributed by atoms with E-state index in [9.17, 15) is 27.6 Å². The first-order valence-electron chi connectivity index (χ1n) is 9.81. The van der Waals surface area contributed by atoms with Crippen LogP contribution in [0.5, 0.6) is 5.75 Å². The molecule has 2 aromatic carbocycles.